The van der Waals surface area contributed by atoms with Crippen LogP contribution in [0.2, 0.25) is 0 Å². The Labute approximate surface area is 116 Å². The Morgan fingerprint density at radius 1 is 1.30 bits per heavy atom. The van der Waals surface area contributed by atoms with E-state index in [-0.39, 0.29) is 18.4 Å². The molecule has 6 heteroatoms. The lowest BCUT2D eigenvalue weighted by Gasteiger charge is -2.10. The van der Waals surface area contributed by atoms with E-state index in [9.17, 15) is 14.4 Å². The van der Waals surface area contributed by atoms with Crippen molar-refractivity contribution in [2.24, 2.45) is 4.99 Å². The van der Waals surface area contributed by atoms with Gasteiger partial charge in [0.05, 0.1) is 24.8 Å². The Bertz CT molecular complexity index is 560. The van der Waals surface area contributed by atoms with E-state index in [1.54, 1.807) is 31.2 Å². The molecule has 0 fully saturated rings. The molecule has 2 amide bonds. The van der Waals surface area contributed by atoms with Gasteiger partial charge < -0.3 is 4.74 Å². The fraction of sp³-hybridized carbons (Fsp3) is 0.286. The molecule has 1 unspecified atom stereocenters. The molecule has 2 rings (SSSR count). The van der Waals surface area contributed by atoms with Crippen LogP contribution in [-0.4, -0.2) is 48.6 Å². The van der Waals surface area contributed by atoms with E-state index >= 15 is 0 Å². The van der Waals surface area contributed by atoms with Crippen molar-refractivity contribution in [3.63, 3.8) is 0 Å². The summed E-state index contributed by atoms with van der Waals surface area (Å²) in [5, 5.41) is 0. The Morgan fingerprint density at radius 3 is 2.35 bits per heavy atom. The van der Waals surface area contributed by atoms with Crippen LogP contribution < -0.4 is 0 Å². The Balaban J connectivity index is 2.06. The maximum atomic E-state index is 12.0. The first-order chi connectivity index (χ1) is 9.56. The summed E-state index contributed by atoms with van der Waals surface area (Å²) in [6.07, 6.45) is 1.38. The summed E-state index contributed by atoms with van der Waals surface area (Å²) in [6.45, 7) is 1.61. The average molecular weight is 274 g/mol. The molecule has 1 aliphatic rings. The molecule has 0 aromatic heterocycles. The van der Waals surface area contributed by atoms with E-state index in [2.05, 4.69) is 9.73 Å². The van der Waals surface area contributed by atoms with Crippen LogP contribution in [-0.2, 0) is 9.53 Å². The fourth-order valence-corrected chi connectivity index (χ4v) is 1.92. The van der Waals surface area contributed by atoms with Gasteiger partial charge in [0.2, 0.25) is 0 Å². The predicted molar refractivity (Wildman–Crippen MR) is 71.8 cm³/mol. The van der Waals surface area contributed by atoms with Gasteiger partial charge in [-0.1, -0.05) is 12.1 Å². The number of rotatable bonds is 4. The first-order valence-electron chi connectivity index (χ1n) is 6.11. The maximum Gasteiger partial charge on any atom is 0.330 e. The summed E-state index contributed by atoms with van der Waals surface area (Å²) in [7, 11) is 1.28. The third kappa shape index (κ3) is 2.45. The molecule has 0 saturated carbocycles. The van der Waals surface area contributed by atoms with Crippen molar-refractivity contribution >= 4 is 24.0 Å². The lowest BCUT2D eigenvalue weighted by atomic mass is 10.1. The number of hydrogen-bond donors (Lipinski definition) is 0. The van der Waals surface area contributed by atoms with Crippen LogP contribution in [0, 0.1) is 0 Å². The zero-order chi connectivity index (χ0) is 14.7. The highest BCUT2D eigenvalue weighted by Gasteiger charge is 2.34. The highest BCUT2D eigenvalue weighted by atomic mass is 16.5. The van der Waals surface area contributed by atoms with E-state index < -0.39 is 12.0 Å². The largest absolute Gasteiger partial charge is 0.467 e. The van der Waals surface area contributed by atoms with Crippen LogP contribution in [0.1, 0.15) is 27.6 Å². The van der Waals surface area contributed by atoms with Crippen molar-refractivity contribution in [1.29, 1.82) is 0 Å². The third-order valence-corrected chi connectivity index (χ3v) is 3.01. The number of ether oxygens (including phenoxy) is 1. The van der Waals surface area contributed by atoms with Gasteiger partial charge in [0.15, 0.2) is 0 Å². The van der Waals surface area contributed by atoms with Gasteiger partial charge >= 0.3 is 5.97 Å². The minimum Gasteiger partial charge on any atom is -0.467 e. The van der Waals surface area contributed by atoms with Gasteiger partial charge in [0, 0.05) is 6.21 Å². The second-order valence-electron chi connectivity index (χ2n) is 4.30. The number of carbonyl (C=O) groups excluding carboxylic acids is 3. The minimum atomic E-state index is -0.657. The Hall–Kier alpha value is -2.50. The molecule has 20 heavy (non-hydrogen) atoms. The van der Waals surface area contributed by atoms with Gasteiger partial charge in [-0.15, -0.1) is 0 Å². The molecular formula is C14H14N2O4. The molecule has 1 heterocycles. The number of nitrogens with zero attached hydrogens (tertiary/aromatic N) is 2. The van der Waals surface area contributed by atoms with Gasteiger partial charge in [-0.3, -0.25) is 19.5 Å². The number of imide groups is 1. The van der Waals surface area contributed by atoms with Crippen molar-refractivity contribution in [3.8, 4) is 0 Å². The fourth-order valence-electron chi connectivity index (χ4n) is 1.92. The van der Waals surface area contributed by atoms with Crippen LogP contribution in [0.4, 0.5) is 0 Å². The van der Waals surface area contributed by atoms with E-state index in [0.29, 0.717) is 11.1 Å². The van der Waals surface area contributed by atoms with Gasteiger partial charge in [-0.05, 0) is 19.1 Å². The van der Waals surface area contributed by atoms with Crippen molar-refractivity contribution in [1.82, 2.24) is 4.90 Å². The average Bonchev–Trinajstić information content (AvgIpc) is 2.71. The van der Waals surface area contributed by atoms with Crippen LogP contribution in [0.3, 0.4) is 0 Å². The van der Waals surface area contributed by atoms with Gasteiger partial charge in [-0.2, -0.15) is 0 Å². The summed E-state index contributed by atoms with van der Waals surface area (Å²) in [6, 6.07) is 5.99. The monoisotopic (exact) mass is 274 g/mol. The molecule has 1 aliphatic heterocycles. The normalized spacial score (nSPS) is 15.6. The zero-order valence-corrected chi connectivity index (χ0v) is 11.2. The molecule has 0 aliphatic carbocycles. The lowest BCUT2D eigenvalue weighted by Crippen LogP contribution is -2.31. The number of amides is 2. The summed E-state index contributed by atoms with van der Waals surface area (Å²) < 4.78 is 4.53. The van der Waals surface area contributed by atoms with E-state index in [1.165, 1.54) is 13.3 Å². The third-order valence-electron chi connectivity index (χ3n) is 3.01. The zero-order valence-electron chi connectivity index (χ0n) is 11.2. The number of benzene rings is 1. The number of esters is 1. The second kappa shape index (κ2) is 5.64. The number of methoxy groups -OCH3 is 1. The first kappa shape index (κ1) is 13.9. The topological polar surface area (TPSA) is 76.0 Å². The highest BCUT2D eigenvalue weighted by molar-refractivity contribution is 6.22. The second-order valence-corrected chi connectivity index (χ2v) is 4.30. The predicted octanol–water partition coefficient (Wildman–Crippen LogP) is 0.915. The van der Waals surface area contributed by atoms with E-state index in [4.69, 9.17) is 0 Å². The smallest absolute Gasteiger partial charge is 0.330 e. The number of carbonyl (C=O) groups is 3. The van der Waals surface area contributed by atoms with Gasteiger partial charge in [-0.25, -0.2) is 4.79 Å². The Morgan fingerprint density at radius 2 is 1.85 bits per heavy atom. The van der Waals surface area contributed by atoms with Crippen molar-refractivity contribution in [3.05, 3.63) is 35.4 Å². The van der Waals surface area contributed by atoms with Gasteiger partial charge in [0.25, 0.3) is 11.8 Å². The van der Waals surface area contributed by atoms with Crippen molar-refractivity contribution in [2.45, 2.75) is 13.0 Å². The molecule has 0 N–H and O–H groups in total. The molecule has 1 aromatic rings. The van der Waals surface area contributed by atoms with E-state index in [1.807, 2.05) is 0 Å². The lowest BCUT2D eigenvalue weighted by molar-refractivity contribution is -0.141. The Kier molecular flexibility index (Phi) is 3.93. The summed E-state index contributed by atoms with van der Waals surface area (Å²) in [5.74, 6) is -1.16. The molecule has 104 valence electrons. The molecule has 0 saturated heterocycles. The molecule has 1 atom stereocenters. The van der Waals surface area contributed by atoms with Crippen molar-refractivity contribution in [2.75, 3.05) is 13.7 Å². The molecule has 0 spiro atoms. The van der Waals surface area contributed by atoms with Crippen LogP contribution in [0.15, 0.2) is 29.3 Å². The SMILES string of the molecule is COC(=O)C(C)N=CCN1C(=O)c2ccccc2C1=O. The summed E-state index contributed by atoms with van der Waals surface area (Å²) >= 11 is 0. The molecular weight excluding hydrogens is 260 g/mol. The summed E-state index contributed by atoms with van der Waals surface area (Å²) in [5.41, 5.74) is 0.791. The van der Waals surface area contributed by atoms with Gasteiger partial charge in [0.1, 0.15) is 6.04 Å². The minimum absolute atomic E-state index is 0.0354. The first-order valence-corrected chi connectivity index (χ1v) is 6.11. The van der Waals surface area contributed by atoms with Crippen LogP contribution in [0.25, 0.3) is 0 Å². The number of aliphatic imine (C=N–C) groups is 1. The quantitative estimate of drug-likeness (QED) is 0.464. The van der Waals surface area contributed by atoms with Crippen LogP contribution >= 0.6 is 0 Å². The summed E-state index contributed by atoms with van der Waals surface area (Å²) in [4.78, 5) is 40.3. The number of fused-ring (bicyclic) bond motifs is 1. The molecule has 0 bridgehead atoms. The molecule has 1 aromatic carbocycles. The maximum absolute atomic E-state index is 12.0. The molecule has 0 radical (unpaired) electrons. The number of hydrogen-bond acceptors (Lipinski definition) is 5. The van der Waals surface area contributed by atoms with Crippen LogP contribution in [0.5, 0.6) is 0 Å². The highest BCUT2D eigenvalue weighted by Crippen LogP contribution is 2.21. The van der Waals surface area contributed by atoms with E-state index in [0.717, 1.165) is 4.90 Å². The van der Waals surface area contributed by atoms with Crippen molar-refractivity contribution < 1.29 is 19.1 Å². The standard InChI is InChI=1S/C14H14N2O4/c1-9(14(19)20-2)15-7-8-16-12(17)10-5-3-4-6-11(10)13(16)18/h3-7,9H,8H2,1-2H3. The molecule has 6 nitrogen and oxygen atoms in total.